The highest BCUT2D eigenvalue weighted by molar-refractivity contribution is 7.19. The molecule has 4 nitrogen and oxygen atoms in total. The molecule has 1 atom stereocenters. The Morgan fingerprint density at radius 3 is 2.60 bits per heavy atom. The smallest absolute Gasteiger partial charge is 0.251 e. The summed E-state index contributed by atoms with van der Waals surface area (Å²) in [5.74, 6) is 0.515. The fourth-order valence-electron chi connectivity index (χ4n) is 2.56. The van der Waals surface area contributed by atoms with Crippen LogP contribution in [0.1, 0.15) is 29.1 Å². The van der Waals surface area contributed by atoms with Gasteiger partial charge in [0.1, 0.15) is 11.4 Å². The van der Waals surface area contributed by atoms with Gasteiger partial charge >= 0.3 is 0 Å². The van der Waals surface area contributed by atoms with Crippen molar-refractivity contribution in [2.24, 2.45) is 0 Å². The van der Waals surface area contributed by atoms with E-state index < -0.39 is 5.60 Å². The van der Waals surface area contributed by atoms with E-state index in [1.54, 1.807) is 42.5 Å². The number of fused-ring (bicyclic) bond motifs is 1. The van der Waals surface area contributed by atoms with Gasteiger partial charge in [-0.2, -0.15) is 0 Å². The molecule has 0 aliphatic rings. The predicted molar refractivity (Wildman–Crippen MR) is 101 cm³/mol. The second-order valence-electron chi connectivity index (χ2n) is 6.06. The summed E-state index contributed by atoms with van der Waals surface area (Å²) < 4.78 is 6.49. The third kappa shape index (κ3) is 4.00. The van der Waals surface area contributed by atoms with Crippen LogP contribution in [0.25, 0.3) is 10.1 Å². The molecule has 2 aromatic carbocycles. The average Bonchev–Trinajstić information content (AvgIpc) is 3.06. The van der Waals surface area contributed by atoms with E-state index in [2.05, 4.69) is 5.32 Å². The normalized spacial score (nSPS) is 13.4. The van der Waals surface area contributed by atoms with Crippen LogP contribution in [0.2, 0.25) is 0 Å². The molecular weight excluding hydrogens is 334 g/mol. The number of amides is 1. The van der Waals surface area contributed by atoms with Crippen LogP contribution in [0.5, 0.6) is 5.75 Å². The first-order chi connectivity index (χ1) is 12.0. The lowest BCUT2D eigenvalue weighted by molar-refractivity contribution is 0.0557. The first kappa shape index (κ1) is 17.5. The number of thiophene rings is 1. The van der Waals surface area contributed by atoms with Crippen LogP contribution in [-0.4, -0.2) is 24.2 Å². The molecular formula is C20H21NO3S. The van der Waals surface area contributed by atoms with Crippen molar-refractivity contribution in [3.63, 3.8) is 0 Å². The first-order valence-electron chi connectivity index (χ1n) is 8.22. The number of benzene rings is 2. The molecule has 0 radical (unpaired) electrons. The Morgan fingerprint density at radius 1 is 1.20 bits per heavy atom. The second-order valence-corrected chi connectivity index (χ2v) is 7.15. The van der Waals surface area contributed by atoms with Gasteiger partial charge in [0.05, 0.1) is 13.2 Å². The van der Waals surface area contributed by atoms with Crippen LogP contribution >= 0.6 is 11.3 Å². The summed E-state index contributed by atoms with van der Waals surface area (Å²) in [5.41, 5.74) is -0.583. The molecule has 0 spiro atoms. The van der Waals surface area contributed by atoms with E-state index in [9.17, 15) is 9.90 Å². The van der Waals surface area contributed by atoms with Gasteiger partial charge in [-0.1, -0.05) is 18.2 Å². The van der Waals surface area contributed by atoms with Gasteiger partial charge in [-0.3, -0.25) is 4.79 Å². The molecule has 0 saturated carbocycles. The number of nitrogens with one attached hydrogen (secondary N) is 1. The molecule has 1 unspecified atom stereocenters. The molecule has 0 aliphatic heterocycles. The Kier molecular flexibility index (Phi) is 5.06. The number of aliphatic hydroxyl groups is 1. The highest BCUT2D eigenvalue weighted by Gasteiger charge is 2.26. The van der Waals surface area contributed by atoms with Crippen molar-refractivity contribution in [1.29, 1.82) is 0 Å². The van der Waals surface area contributed by atoms with Crippen molar-refractivity contribution >= 4 is 27.3 Å². The summed E-state index contributed by atoms with van der Waals surface area (Å²) in [6.45, 7) is 4.36. The van der Waals surface area contributed by atoms with Gasteiger partial charge in [0.2, 0.25) is 0 Å². The SMILES string of the molecule is CCOc1ccc(C(=O)NCC(C)(O)c2cc3ccccc3s2)cc1. The van der Waals surface area contributed by atoms with E-state index in [1.807, 2.05) is 37.3 Å². The molecule has 2 N–H and O–H groups in total. The summed E-state index contributed by atoms with van der Waals surface area (Å²) >= 11 is 1.54. The average molecular weight is 355 g/mol. The fraction of sp³-hybridized carbons (Fsp3) is 0.250. The Bertz CT molecular complexity index is 835. The van der Waals surface area contributed by atoms with E-state index in [0.29, 0.717) is 12.2 Å². The zero-order chi connectivity index (χ0) is 17.9. The number of hydrogen-bond donors (Lipinski definition) is 2. The minimum absolute atomic E-state index is 0.145. The van der Waals surface area contributed by atoms with Crippen LogP contribution in [-0.2, 0) is 5.60 Å². The second kappa shape index (κ2) is 7.25. The zero-order valence-electron chi connectivity index (χ0n) is 14.3. The molecule has 1 heterocycles. The lowest BCUT2D eigenvalue weighted by atomic mass is 10.0. The van der Waals surface area contributed by atoms with Crippen molar-refractivity contribution < 1.29 is 14.6 Å². The number of ether oxygens (including phenoxy) is 1. The highest BCUT2D eigenvalue weighted by Crippen LogP contribution is 2.32. The minimum Gasteiger partial charge on any atom is -0.494 e. The van der Waals surface area contributed by atoms with Crippen LogP contribution < -0.4 is 10.1 Å². The van der Waals surface area contributed by atoms with Crippen molar-refractivity contribution in [2.75, 3.05) is 13.2 Å². The molecule has 25 heavy (non-hydrogen) atoms. The van der Waals surface area contributed by atoms with Crippen LogP contribution in [0.4, 0.5) is 0 Å². The molecule has 0 saturated heterocycles. The summed E-state index contributed by atoms with van der Waals surface area (Å²) in [5, 5.41) is 14.7. The number of rotatable bonds is 6. The van der Waals surface area contributed by atoms with Gasteiger partial charge < -0.3 is 15.2 Å². The van der Waals surface area contributed by atoms with E-state index in [4.69, 9.17) is 4.74 Å². The van der Waals surface area contributed by atoms with Crippen molar-refractivity contribution in [1.82, 2.24) is 5.32 Å². The Hall–Kier alpha value is -2.37. The Morgan fingerprint density at radius 2 is 1.92 bits per heavy atom. The quantitative estimate of drug-likeness (QED) is 0.704. The van der Waals surface area contributed by atoms with E-state index in [-0.39, 0.29) is 12.5 Å². The molecule has 0 aliphatic carbocycles. The third-order valence-electron chi connectivity index (χ3n) is 3.98. The summed E-state index contributed by atoms with van der Waals surface area (Å²) in [6.07, 6.45) is 0. The monoisotopic (exact) mass is 355 g/mol. The largest absolute Gasteiger partial charge is 0.494 e. The maximum Gasteiger partial charge on any atom is 0.251 e. The van der Waals surface area contributed by atoms with Crippen molar-refractivity contribution in [3.8, 4) is 5.75 Å². The molecule has 5 heteroatoms. The van der Waals surface area contributed by atoms with Gasteiger partial charge in [0.25, 0.3) is 5.91 Å². The number of hydrogen-bond acceptors (Lipinski definition) is 4. The number of carbonyl (C=O) groups is 1. The third-order valence-corrected chi connectivity index (χ3v) is 5.35. The molecule has 1 aromatic heterocycles. The molecule has 0 bridgehead atoms. The minimum atomic E-state index is -1.12. The van der Waals surface area contributed by atoms with Gasteiger partial charge in [0, 0.05) is 15.1 Å². The zero-order valence-corrected chi connectivity index (χ0v) is 15.1. The van der Waals surface area contributed by atoms with Crippen LogP contribution in [0.15, 0.2) is 54.6 Å². The fourth-order valence-corrected chi connectivity index (χ4v) is 3.66. The van der Waals surface area contributed by atoms with Gasteiger partial charge in [-0.05, 0) is 55.6 Å². The van der Waals surface area contributed by atoms with Gasteiger partial charge in [-0.15, -0.1) is 11.3 Å². The topological polar surface area (TPSA) is 58.6 Å². The summed E-state index contributed by atoms with van der Waals surface area (Å²) in [7, 11) is 0. The van der Waals surface area contributed by atoms with Crippen LogP contribution in [0.3, 0.4) is 0 Å². The van der Waals surface area contributed by atoms with E-state index >= 15 is 0 Å². The van der Waals surface area contributed by atoms with E-state index in [1.165, 1.54) is 0 Å². The Labute approximate surface area is 151 Å². The molecule has 0 fully saturated rings. The molecule has 130 valence electrons. The maximum absolute atomic E-state index is 12.3. The Balaban J connectivity index is 1.67. The maximum atomic E-state index is 12.3. The lowest BCUT2D eigenvalue weighted by Gasteiger charge is -2.22. The number of carbonyl (C=O) groups excluding carboxylic acids is 1. The standard InChI is InChI=1S/C20H21NO3S/c1-3-24-16-10-8-14(9-11-16)19(22)21-13-20(2,23)18-12-15-6-4-5-7-17(15)25-18/h4-12,23H,3,13H2,1-2H3,(H,21,22). The van der Waals surface area contributed by atoms with E-state index in [0.717, 1.165) is 20.7 Å². The van der Waals surface area contributed by atoms with Crippen molar-refractivity contribution in [3.05, 3.63) is 65.0 Å². The first-order valence-corrected chi connectivity index (χ1v) is 9.04. The van der Waals surface area contributed by atoms with Crippen LogP contribution in [0, 0.1) is 0 Å². The lowest BCUT2D eigenvalue weighted by Crippen LogP contribution is -2.38. The summed E-state index contributed by atoms with van der Waals surface area (Å²) in [6, 6.07) is 16.9. The van der Waals surface area contributed by atoms with Gasteiger partial charge in [0.15, 0.2) is 0 Å². The molecule has 3 aromatic rings. The van der Waals surface area contributed by atoms with Crippen molar-refractivity contribution in [2.45, 2.75) is 19.4 Å². The predicted octanol–water partition coefficient (Wildman–Crippen LogP) is 3.94. The highest BCUT2D eigenvalue weighted by atomic mass is 32.1. The molecule has 3 rings (SSSR count). The summed E-state index contributed by atoms with van der Waals surface area (Å²) in [4.78, 5) is 13.1. The van der Waals surface area contributed by atoms with Gasteiger partial charge in [-0.25, -0.2) is 0 Å². The molecule has 1 amide bonds.